The molecule has 2 N–H and O–H groups in total. The second kappa shape index (κ2) is 7.98. The van der Waals surface area contributed by atoms with Gasteiger partial charge in [-0.05, 0) is 50.0 Å². The summed E-state index contributed by atoms with van der Waals surface area (Å²) in [5.41, 5.74) is 7.48. The first-order valence-corrected chi connectivity index (χ1v) is 8.33. The van der Waals surface area contributed by atoms with E-state index in [0.29, 0.717) is 18.4 Å². The first-order valence-electron chi connectivity index (χ1n) is 8.33. The van der Waals surface area contributed by atoms with Crippen molar-refractivity contribution in [2.24, 2.45) is 11.7 Å². The number of carbonyl (C=O) groups is 1. The molecule has 1 heterocycles. The van der Waals surface area contributed by atoms with Gasteiger partial charge in [-0.15, -0.1) is 12.4 Å². The van der Waals surface area contributed by atoms with E-state index in [2.05, 4.69) is 29.2 Å². The number of nitrogens with two attached hydrogens (primary N) is 1. The summed E-state index contributed by atoms with van der Waals surface area (Å²) in [7, 11) is 0. The van der Waals surface area contributed by atoms with Crippen molar-refractivity contribution in [3.05, 3.63) is 35.9 Å². The van der Waals surface area contributed by atoms with Gasteiger partial charge in [0.15, 0.2) is 0 Å². The van der Waals surface area contributed by atoms with Crippen LogP contribution in [0, 0.1) is 5.92 Å². The van der Waals surface area contributed by atoms with Gasteiger partial charge in [0.05, 0.1) is 0 Å². The molecular formula is C18H27ClN2O. The molecule has 0 aromatic heterocycles. The fraction of sp³-hybridized carbons (Fsp3) is 0.611. The molecule has 1 aliphatic heterocycles. The summed E-state index contributed by atoms with van der Waals surface area (Å²) in [5, 5.41) is 0. The standard InChI is InChI=1S/C18H26N2O.ClH/c19-17(15-9-10-15)13-18(21)20-12-4-7-16(20)11-8-14-5-2-1-3-6-14;/h1-3,5-6,15-17H,4,7-13,19H2;1H. The summed E-state index contributed by atoms with van der Waals surface area (Å²) >= 11 is 0. The summed E-state index contributed by atoms with van der Waals surface area (Å²) in [5.74, 6) is 0.893. The van der Waals surface area contributed by atoms with Gasteiger partial charge >= 0.3 is 0 Å². The summed E-state index contributed by atoms with van der Waals surface area (Å²) in [6.45, 7) is 0.926. The van der Waals surface area contributed by atoms with E-state index < -0.39 is 0 Å². The van der Waals surface area contributed by atoms with Crippen molar-refractivity contribution in [3.8, 4) is 0 Å². The monoisotopic (exact) mass is 322 g/mol. The Bertz CT molecular complexity index is 475. The summed E-state index contributed by atoms with van der Waals surface area (Å²) < 4.78 is 0. The second-order valence-electron chi connectivity index (χ2n) is 6.61. The number of carbonyl (C=O) groups excluding carboxylic acids is 1. The molecule has 3 rings (SSSR count). The van der Waals surface area contributed by atoms with E-state index in [4.69, 9.17) is 5.73 Å². The highest BCUT2D eigenvalue weighted by Gasteiger charge is 2.34. The molecule has 1 saturated heterocycles. The van der Waals surface area contributed by atoms with Crippen LogP contribution >= 0.6 is 12.4 Å². The Morgan fingerprint density at radius 1 is 1.23 bits per heavy atom. The fourth-order valence-electron chi connectivity index (χ4n) is 3.45. The first-order chi connectivity index (χ1) is 10.2. The highest BCUT2D eigenvalue weighted by molar-refractivity contribution is 5.85. The minimum absolute atomic E-state index is 0. The summed E-state index contributed by atoms with van der Waals surface area (Å²) in [4.78, 5) is 14.6. The normalized spacial score (nSPS) is 22.2. The van der Waals surface area contributed by atoms with Gasteiger partial charge in [-0.2, -0.15) is 0 Å². The van der Waals surface area contributed by atoms with Gasteiger partial charge in [-0.1, -0.05) is 30.3 Å². The molecule has 4 heteroatoms. The van der Waals surface area contributed by atoms with E-state index in [0.717, 1.165) is 32.2 Å². The number of benzene rings is 1. The third kappa shape index (κ3) is 4.47. The van der Waals surface area contributed by atoms with E-state index in [-0.39, 0.29) is 24.4 Å². The van der Waals surface area contributed by atoms with E-state index >= 15 is 0 Å². The molecule has 1 aliphatic carbocycles. The van der Waals surface area contributed by atoms with E-state index in [1.54, 1.807) is 0 Å². The number of halogens is 1. The number of aryl methyl sites for hydroxylation is 1. The van der Waals surface area contributed by atoms with E-state index in [1.807, 2.05) is 6.07 Å². The van der Waals surface area contributed by atoms with Gasteiger partial charge in [-0.25, -0.2) is 0 Å². The lowest BCUT2D eigenvalue weighted by molar-refractivity contribution is -0.132. The number of hydrogen-bond donors (Lipinski definition) is 1. The maximum Gasteiger partial charge on any atom is 0.224 e. The zero-order valence-electron chi connectivity index (χ0n) is 13.1. The van der Waals surface area contributed by atoms with Crippen LogP contribution < -0.4 is 5.73 Å². The summed E-state index contributed by atoms with van der Waals surface area (Å²) in [6, 6.07) is 11.1. The lowest BCUT2D eigenvalue weighted by Crippen LogP contribution is -2.39. The highest BCUT2D eigenvalue weighted by atomic mass is 35.5. The number of likely N-dealkylation sites (tertiary alicyclic amines) is 1. The van der Waals surface area contributed by atoms with Crippen molar-refractivity contribution >= 4 is 18.3 Å². The van der Waals surface area contributed by atoms with Gasteiger partial charge < -0.3 is 10.6 Å². The molecule has 2 aliphatic rings. The fourth-order valence-corrected chi connectivity index (χ4v) is 3.45. The lowest BCUT2D eigenvalue weighted by Gasteiger charge is -2.26. The molecule has 2 unspecified atom stereocenters. The van der Waals surface area contributed by atoms with Gasteiger partial charge in [0.25, 0.3) is 0 Å². The molecule has 1 aromatic rings. The van der Waals surface area contributed by atoms with Crippen LogP contribution in [0.4, 0.5) is 0 Å². The molecule has 2 atom stereocenters. The largest absolute Gasteiger partial charge is 0.340 e. The SMILES string of the molecule is Cl.NC(CC(=O)N1CCCC1CCc1ccccc1)C1CC1. The van der Waals surface area contributed by atoms with Crippen LogP contribution in [0.25, 0.3) is 0 Å². The third-order valence-corrected chi connectivity index (χ3v) is 4.94. The van der Waals surface area contributed by atoms with Crippen LogP contribution in [0.5, 0.6) is 0 Å². The first kappa shape index (κ1) is 17.3. The molecule has 0 bridgehead atoms. The highest BCUT2D eigenvalue weighted by Crippen LogP contribution is 2.33. The zero-order valence-corrected chi connectivity index (χ0v) is 13.9. The van der Waals surface area contributed by atoms with Crippen LogP contribution in [0.3, 0.4) is 0 Å². The summed E-state index contributed by atoms with van der Waals surface area (Å²) in [6.07, 6.45) is 7.41. The van der Waals surface area contributed by atoms with Crippen LogP contribution in [0.15, 0.2) is 30.3 Å². The van der Waals surface area contributed by atoms with Gasteiger partial charge in [-0.3, -0.25) is 4.79 Å². The smallest absolute Gasteiger partial charge is 0.224 e. The predicted octanol–water partition coefficient (Wildman–Crippen LogP) is 3.16. The van der Waals surface area contributed by atoms with E-state index in [1.165, 1.54) is 18.4 Å². The molecule has 122 valence electrons. The second-order valence-corrected chi connectivity index (χ2v) is 6.61. The van der Waals surface area contributed by atoms with Crippen molar-refractivity contribution in [3.63, 3.8) is 0 Å². The molecule has 2 fully saturated rings. The van der Waals surface area contributed by atoms with E-state index in [9.17, 15) is 4.79 Å². The molecule has 1 aromatic carbocycles. The number of nitrogens with zero attached hydrogens (tertiary/aromatic N) is 1. The Labute approximate surface area is 139 Å². The van der Waals surface area contributed by atoms with Crippen LogP contribution in [-0.4, -0.2) is 29.4 Å². The van der Waals surface area contributed by atoms with Crippen molar-refractivity contribution in [1.82, 2.24) is 4.90 Å². The van der Waals surface area contributed by atoms with Crippen LogP contribution in [0.1, 0.15) is 44.1 Å². The molecule has 1 saturated carbocycles. The predicted molar refractivity (Wildman–Crippen MR) is 92.1 cm³/mol. The van der Waals surface area contributed by atoms with Crippen molar-refractivity contribution in [2.75, 3.05) is 6.54 Å². The van der Waals surface area contributed by atoms with Crippen LogP contribution in [-0.2, 0) is 11.2 Å². The zero-order chi connectivity index (χ0) is 14.7. The van der Waals surface area contributed by atoms with Crippen LogP contribution in [0.2, 0.25) is 0 Å². The molecule has 0 spiro atoms. The lowest BCUT2D eigenvalue weighted by atomic mass is 10.0. The number of rotatable bonds is 6. The van der Waals surface area contributed by atoms with Gasteiger partial charge in [0.1, 0.15) is 0 Å². The van der Waals surface area contributed by atoms with Crippen molar-refractivity contribution in [1.29, 1.82) is 0 Å². The topological polar surface area (TPSA) is 46.3 Å². The molecule has 3 nitrogen and oxygen atoms in total. The Kier molecular flexibility index (Phi) is 6.27. The van der Waals surface area contributed by atoms with Gasteiger partial charge in [0.2, 0.25) is 5.91 Å². The molecular weight excluding hydrogens is 296 g/mol. The quantitative estimate of drug-likeness (QED) is 0.874. The maximum atomic E-state index is 12.5. The molecule has 1 amide bonds. The maximum absolute atomic E-state index is 12.5. The third-order valence-electron chi connectivity index (χ3n) is 4.94. The minimum atomic E-state index is 0. The van der Waals surface area contributed by atoms with Gasteiger partial charge in [0, 0.05) is 25.0 Å². The molecule has 0 radical (unpaired) electrons. The average molecular weight is 323 g/mol. The Morgan fingerprint density at radius 2 is 1.95 bits per heavy atom. The Morgan fingerprint density at radius 3 is 2.64 bits per heavy atom. The Hall–Kier alpha value is -1.06. The average Bonchev–Trinajstić information content (AvgIpc) is 3.25. The molecule has 22 heavy (non-hydrogen) atoms. The van der Waals surface area contributed by atoms with Crippen molar-refractivity contribution < 1.29 is 4.79 Å². The van der Waals surface area contributed by atoms with Crippen molar-refractivity contribution in [2.45, 2.75) is 57.0 Å². The Balaban J connectivity index is 0.00000176. The minimum Gasteiger partial charge on any atom is -0.340 e. The number of amides is 1. The number of hydrogen-bond acceptors (Lipinski definition) is 2.